The normalized spacial score (nSPS) is 38.4. The van der Waals surface area contributed by atoms with Crippen LogP contribution in [0.5, 0.6) is 0 Å². The molecule has 4 atom stereocenters. The number of nitrogens with one attached hydrogen (secondary N) is 1. The van der Waals surface area contributed by atoms with Gasteiger partial charge in [0.25, 0.3) is 0 Å². The van der Waals surface area contributed by atoms with E-state index in [0.717, 1.165) is 12.6 Å². The van der Waals surface area contributed by atoms with E-state index in [4.69, 9.17) is 0 Å². The average molecular weight is 281 g/mol. The highest BCUT2D eigenvalue weighted by Gasteiger charge is 2.34. The summed E-state index contributed by atoms with van der Waals surface area (Å²) < 4.78 is 0. The minimum atomic E-state index is 0.687. The van der Waals surface area contributed by atoms with Crippen molar-refractivity contribution in [3.63, 3.8) is 0 Å². The first-order valence-corrected chi connectivity index (χ1v) is 8.82. The lowest BCUT2D eigenvalue weighted by Crippen LogP contribution is -2.61. The molecule has 2 rings (SSSR count). The molecule has 0 spiro atoms. The number of hydrogen-bond acceptors (Lipinski definition) is 3. The molecule has 1 aliphatic heterocycles. The SMILES string of the molecule is CCNC1CCCCCCC1N1CC(C)N(C)C(C)C1. The fourth-order valence-electron chi connectivity index (χ4n) is 4.12. The van der Waals surface area contributed by atoms with E-state index in [1.807, 2.05) is 0 Å². The zero-order valence-electron chi connectivity index (χ0n) is 14.1. The van der Waals surface area contributed by atoms with Gasteiger partial charge in [-0.2, -0.15) is 0 Å². The van der Waals surface area contributed by atoms with Crippen LogP contribution in [0.15, 0.2) is 0 Å². The molecule has 1 saturated heterocycles. The third kappa shape index (κ3) is 3.96. The zero-order chi connectivity index (χ0) is 14.5. The monoisotopic (exact) mass is 281 g/mol. The molecule has 1 aliphatic carbocycles. The molecule has 0 radical (unpaired) electrons. The van der Waals surface area contributed by atoms with E-state index in [1.165, 1.54) is 51.6 Å². The Labute approximate surface area is 126 Å². The van der Waals surface area contributed by atoms with Crippen LogP contribution in [0.3, 0.4) is 0 Å². The van der Waals surface area contributed by atoms with E-state index >= 15 is 0 Å². The largest absolute Gasteiger partial charge is 0.313 e. The van der Waals surface area contributed by atoms with Crippen LogP contribution in [0.25, 0.3) is 0 Å². The standard InChI is InChI=1S/C17H35N3/c1-5-18-16-10-8-6-7-9-11-17(16)20-12-14(2)19(4)15(3)13-20/h14-18H,5-13H2,1-4H3. The summed E-state index contributed by atoms with van der Waals surface area (Å²) in [5.41, 5.74) is 0. The number of hydrogen-bond donors (Lipinski definition) is 1. The van der Waals surface area contributed by atoms with Gasteiger partial charge in [0.1, 0.15) is 0 Å². The lowest BCUT2D eigenvalue weighted by molar-refractivity contribution is 0.0166. The number of nitrogens with zero attached hydrogens (tertiary/aromatic N) is 2. The summed E-state index contributed by atoms with van der Waals surface area (Å²) in [6, 6.07) is 2.84. The highest BCUT2D eigenvalue weighted by Crippen LogP contribution is 2.25. The van der Waals surface area contributed by atoms with Crippen LogP contribution in [0, 0.1) is 0 Å². The highest BCUT2D eigenvalue weighted by atomic mass is 15.3. The van der Waals surface area contributed by atoms with Gasteiger partial charge in [0, 0.05) is 37.3 Å². The van der Waals surface area contributed by atoms with Crippen molar-refractivity contribution < 1.29 is 0 Å². The van der Waals surface area contributed by atoms with Crippen molar-refractivity contribution in [3.05, 3.63) is 0 Å². The van der Waals surface area contributed by atoms with Crippen molar-refractivity contribution in [1.82, 2.24) is 15.1 Å². The van der Waals surface area contributed by atoms with Gasteiger partial charge >= 0.3 is 0 Å². The van der Waals surface area contributed by atoms with Crippen molar-refractivity contribution in [3.8, 4) is 0 Å². The van der Waals surface area contributed by atoms with E-state index in [1.54, 1.807) is 0 Å². The van der Waals surface area contributed by atoms with Gasteiger partial charge in [-0.3, -0.25) is 9.80 Å². The fraction of sp³-hybridized carbons (Fsp3) is 1.00. The summed E-state index contributed by atoms with van der Waals surface area (Å²) in [6.07, 6.45) is 8.46. The number of likely N-dealkylation sites (N-methyl/N-ethyl adjacent to an activating group) is 2. The molecule has 0 aromatic carbocycles. The first-order valence-electron chi connectivity index (χ1n) is 8.82. The predicted molar refractivity (Wildman–Crippen MR) is 87.2 cm³/mol. The Kier molecular flexibility index (Phi) is 6.31. The van der Waals surface area contributed by atoms with E-state index in [-0.39, 0.29) is 0 Å². The summed E-state index contributed by atoms with van der Waals surface area (Å²) in [5, 5.41) is 3.79. The summed E-state index contributed by atoms with van der Waals surface area (Å²) in [7, 11) is 2.28. The van der Waals surface area contributed by atoms with Gasteiger partial charge in [-0.05, 0) is 40.3 Å². The molecular weight excluding hydrogens is 246 g/mol. The summed E-state index contributed by atoms with van der Waals surface area (Å²) in [5.74, 6) is 0. The zero-order valence-corrected chi connectivity index (χ0v) is 14.1. The first kappa shape index (κ1) is 16.3. The van der Waals surface area contributed by atoms with Crippen LogP contribution in [0.2, 0.25) is 0 Å². The summed E-state index contributed by atoms with van der Waals surface area (Å²) in [6.45, 7) is 10.6. The molecule has 20 heavy (non-hydrogen) atoms. The summed E-state index contributed by atoms with van der Waals surface area (Å²) >= 11 is 0. The van der Waals surface area contributed by atoms with E-state index in [9.17, 15) is 0 Å². The van der Waals surface area contributed by atoms with E-state index in [0.29, 0.717) is 18.1 Å². The Bertz CT molecular complexity index is 269. The van der Waals surface area contributed by atoms with Crippen molar-refractivity contribution in [2.24, 2.45) is 0 Å². The molecule has 0 amide bonds. The smallest absolute Gasteiger partial charge is 0.0250 e. The van der Waals surface area contributed by atoms with Crippen LogP contribution < -0.4 is 5.32 Å². The second-order valence-electron chi connectivity index (χ2n) is 7.04. The number of rotatable bonds is 3. The van der Waals surface area contributed by atoms with Gasteiger partial charge in [0.15, 0.2) is 0 Å². The molecule has 0 aromatic heterocycles. The van der Waals surface area contributed by atoms with Gasteiger partial charge in [0.05, 0.1) is 0 Å². The van der Waals surface area contributed by atoms with Gasteiger partial charge < -0.3 is 5.32 Å². The minimum Gasteiger partial charge on any atom is -0.313 e. The molecule has 1 N–H and O–H groups in total. The van der Waals surface area contributed by atoms with Gasteiger partial charge in [0.2, 0.25) is 0 Å². The third-order valence-electron chi connectivity index (χ3n) is 5.55. The molecule has 3 nitrogen and oxygen atoms in total. The van der Waals surface area contributed by atoms with Crippen molar-refractivity contribution in [1.29, 1.82) is 0 Å². The van der Waals surface area contributed by atoms with Crippen molar-refractivity contribution >= 4 is 0 Å². The molecule has 0 aromatic rings. The van der Waals surface area contributed by atoms with Crippen molar-refractivity contribution in [2.45, 2.75) is 83.5 Å². The Morgan fingerprint density at radius 2 is 1.55 bits per heavy atom. The van der Waals surface area contributed by atoms with Crippen molar-refractivity contribution in [2.75, 3.05) is 26.7 Å². The summed E-state index contributed by atoms with van der Waals surface area (Å²) in [4.78, 5) is 5.34. The lowest BCUT2D eigenvalue weighted by Gasteiger charge is -2.48. The third-order valence-corrected chi connectivity index (χ3v) is 5.55. The van der Waals surface area contributed by atoms with E-state index < -0.39 is 0 Å². The average Bonchev–Trinajstić information content (AvgIpc) is 2.39. The predicted octanol–water partition coefficient (Wildman–Crippen LogP) is 2.71. The molecule has 3 heteroatoms. The Balaban J connectivity index is 2.04. The molecular formula is C17H35N3. The van der Waals surface area contributed by atoms with Gasteiger partial charge in [-0.25, -0.2) is 0 Å². The Morgan fingerprint density at radius 1 is 0.950 bits per heavy atom. The second kappa shape index (κ2) is 7.77. The molecule has 0 bridgehead atoms. The fourth-order valence-corrected chi connectivity index (χ4v) is 4.12. The number of piperazine rings is 1. The molecule has 118 valence electrons. The van der Waals surface area contributed by atoms with Crippen LogP contribution in [0.1, 0.15) is 59.3 Å². The maximum absolute atomic E-state index is 3.79. The van der Waals surface area contributed by atoms with Gasteiger partial charge in [-0.15, -0.1) is 0 Å². The maximum Gasteiger partial charge on any atom is 0.0250 e. The second-order valence-corrected chi connectivity index (χ2v) is 7.04. The van der Waals surface area contributed by atoms with Crippen LogP contribution >= 0.6 is 0 Å². The molecule has 1 saturated carbocycles. The molecule has 4 unspecified atom stereocenters. The first-order chi connectivity index (χ1) is 9.63. The maximum atomic E-state index is 3.79. The van der Waals surface area contributed by atoms with Crippen LogP contribution in [-0.2, 0) is 0 Å². The molecule has 2 fully saturated rings. The topological polar surface area (TPSA) is 18.5 Å². The van der Waals surface area contributed by atoms with Gasteiger partial charge in [-0.1, -0.05) is 32.6 Å². The lowest BCUT2D eigenvalue weighted by atomic mass is 9.89. The van der Waals surface area contributed by atoms with Crippen LogP contribution in [0.4, 0.5) is 0 Å². The molecule has 2 aliphatic rings. The quantitative estimate of drug-likeness (QED) is 0.858. The van der Waals surface area contributed by atoms with E-state index in [2.05, 4.69) is 42.9 Å². The highest BCUT2D eigenvalue weighted by molar-refractivity contribution is 4.92. The molecule has 1 heterocycles. The Morgan fingerprint density at radius 3 is 2.15 bits per heavy atom. The minimum absolute atomic E-state index is 0.687. The Hall–Kier alpha value is -0.120. The van der Waals surface area contributed by atoms with Crippen LogP contribution in [-0.4, -0.2) is 60.6 Å².